The number of hydrogen-bond donors (Lipinski definition) is 1. The highest BCUT2D eigenvalue weighted by molar-refractivity contribution is 5.85. The number of benzene rings is 2. The maximum atomic E-state index is 14.6. The molecule has 0 aliphatic carbocycles. The molecule has 11 heteroatoms. The van der Waals surface area contributed by atoms with Gasteiger partial charge < -0.3 is 14.7 Å². The number of aromatic nitrogens is 2. The maximum Gasteiger partial charge on any atom is 0.419 e. The Labute approximate surface area is 172 Å². The van der Waals surface area contributed by atoms with Gasteiger partial charge in [-0.1, -0.05) is 0 Å². The number of phenols is 1. The number of halogens is 6. The van der Waals surface area contributed by atoms with E-state index >= 15 is 0 Å². The molecule has 0 atom stereocenters. The first-order valence-electron chi connectivity index (χ1n) is 9.37. The second-order valence-electron chi connectivity index (χ2n) is 7.28. The summed E-state index contributed by atoms with van der Waals surface area (Å²) in [5.74, 6) is -6.69. The normalized spacial score (nSPS) is 15.6. The molecule has 2 aromatic carbocycles. The summed E-state index contributed by atoms with van der Waals surface area (Å²) in [5.41, 5.74) is -2.22. The minimum Gasteiger partial charge on any atom is -0.503 e. The molecule has 166 valence electrons. The summed E-state index contributed by atoms with van der Waals surface area (Å²) in [6.07, 6.45) is -3.65. The van der Waals surface area contributed by atoms with Crippen LogP contribution in [0.25, 0.3) is 16.6 Å². The van der Waals surface area contributed by atoms with E-state index in [2.05, 4.69) is 5.10 Å². The second-order valence-corrected chi connectivity index (χ2v) is 7.28. The average Bonchev–Trinajstić information content (AvgIpc) is 3.07. The lowest BCUT2D eigenvalue weighted by Crippen LogP contribution is -2.36. The summed E-state index contributed by atoms with van der Waals surface area (Å²) in [6.45, 7) is 1.19. The number of hydrogen-bond acceptors (Lipinski definition) is 4. The molecule has 0 spiro atoms. The predicted octanol–water partition coefficient (Wildman–Crippen LogP) is 4.78. The summed E-state index contributed by atoms with van der Waals surface area (Å²) in [5, 5.41) is 13.0. The Hall–Kier alpha value is -2.95. The van der Waals surface area contributed by atoms with Gasteiger partial charge >= 0.3 is 6.18 Å². The van der Waals surface area contributed by atoms with Gasteiger partial charge in [-0.15, -0.1) is 5.10 Å². The Morgan fingerprint density at radius 2 is 1.77 bits per heavy atom. The van der Waals surface area contributed by atoms with Gasteiger partial charge in [0.05, 0.1) is 16.5 Å². The molecule has 0 unspecified atom stereocenters. The first kappa shape index (κ1) is 21.3. The molecule has 2 heterocycles. The number of aromatic hydroxyl groups is 1. The first-order valence-corrected chi connectivity index (χ1v) is 9.37. The molecule has 31 heavy (non-hydrogen) atoms. The van der Waals surface area contributed by atoms with Crippen LogP contribution in [0.2, 0.25) is 0 Å². The molecule has 1 N–H and O–H groups in total. The van der Waals surface area contributed by atoms with Crippen molar-refractivity contribution in [1.29, 1.82) is 0 Å². The number of anilines is 1. The molecule has 1 fully saturated rings. The van der Waals surface area contributed by atoms with Crippen molar-refractivity contribution in [3.8, 4) is 11.4 Å². The van der Waals surface area contributed by atoms with Crippen molar-refractivity contribution in [2.75, 3.05) is 25.2 Å². The summed E-state index contributed by atoms with van der Waals surface area (Å²) in [4.78, 5) is 1.94. The van der Waals surface area contributed by atoms with E-state index in [0.29, 0.717) is 23.6 Å². The third-order valence-corrected chi connectivity index (χ3v) is 5.46. The predicted molar refractivity (Wildman–Crippen MR) is 99.9 cm³/mol. The molecule has 0 saturated carbocycles. The van der Waals surface area contributed by atoms with Crippen LogP contribution in [0.5, 0.6) is 5.75 Å². The molecule has 0 radical (unpaired) electrons. The van der Waals surface area contributed by atoms with Gasteiger partial charge in [-0.05, 0) is 37.1 Å². The summed E-state index contributed by atoms with van der Waals surface area (Å²) in [6, 6.07) is 4.74. The van der Waals surface area contributed by atoms with Crippen LogP contribution in [-0.2, 0) is 10.9 Å². The molecule has 0 bridgehead atoms. The van der Waals surface area contributed by atoms with Gasteiger partial charge in [-0.25, -0.2) is 13.5 Å². The Morgan fingerprint density at radius 1 is 1.10 bits per heavy atom. The van der Waals surface area contributed by atoms with E-state index in [0.717, 1.165) is 12.8 Å². The van der Waals surface area contributed by atoms with Gasteiger partial charge in [0.1, 0.15) is 5.69 Å². The quantitative estimate of drug-likeness (QED) is 0.590. The highest BCUT2D eigenvalue weighted by Gasteiger charge is 2.38. The molecule has 1 saturated heterocycles. The van der Waals surface area contributed by atoms with Crippen molar-refractivity contribution in [2.45, 2.75) is 25.1 Å². The van der Waals surface area contributed by atoms with Crippen LogP contribution in [-0.4, -0.2) is 41.2 Å². The standard InChI is InChI=1S/C20H17F6N3O2/c1-28(10-4-6-31-7-5-10)11-2-3-14-12(8-11)19(23)27-29(14)15-9-13(20(24,25)26)16(21)18(30)17(15)22/h2-3,8-10,30H,4-7H2,1H3. The van der Waals surface area contributed by atoms with Crippen LogP contribution >= 0.6 is 0 Å². The number of nitrogens with zero attached hydrogens (tertiary/aromatic N) is 3. The van der Waals surface area contributed by atoms with Gasteiger partial charge in [-0.2, -0.15) is 17.6 Å². The largest absolute Gasteiger partial charge is 0.503 e. The molecule has 4 rings (SSSR count). The van der Waals surface area contributed by atoms with Crippen molar-refractivity contribution in [3.63, 3.8) is 0 Å². The van der Waals surface area contributed by atoms with Gasteiger partial charge in [-0.3, -0.25) is 0 Å². The second kappa shape index (κ2) is 7.63. The van der Waals surface area contributed by atoms with E-state index < -0.39 is 40.8 Å². The van der Waals surface area contributed by atoms with Gasteiger partial charge in [0.15, 0.2) is 17.4 Å². The first-order chi connectivity index (χ1) is 14.6. The minimum absolute atomic E-state index is 0.0420. The molecule has 3 aromatic rings. The fraction of sp³-hybridized carbons (Fsp3) is 0.350. The molecule has 1 aromatic heterocycles. The molecular formula is C20H17F6N3O2. The lowest BCUT2D eigenvalue weighted by atomic mass is 10.1. The minimum atomic E-state index is -5.20. The average molecular weight is 445 g/mol. The highest BCUT2D eigenvalue weighted by Crippen LogP contribution is 2.39. The van der Waals surface area contributed by atoms with Gasteiger partial charge in [0.2, 0.25) is 5.95 Å². The lowest BCUT2D eigenvalue weighted by molar-refractivity contribution is -0.140. The summed E-state index contributed by atoms with van der Waals surface area (Å²) < 4.78 is 88.0. The van der Waals surface area contributed by atoms with Crippen molar-refractivity contribution in [3.05, 3.63) is 47.4 Å². The highest BCUT2D eigenvalue weighted by atomic mass is 19.4. The zero-order valence-electron chi connectivity index (χ0n) is 16.2. The van der Waals surface area contributed by atoms with Crippen LogP contribution in [0, 0.1) is 17.6 Å². The van der Waals surface area contributed by atoms with Gasteiger partial charge in [0, 0.05) is 32.0 Å². The van der Waals surface area contributed by atoms with Crippen LogP contribution in [0.15, 0.2) is 24.3 Å². The number of rotatable bonds is 3. The molecule has 0 amide bonds. The van der Waals surface area contributed by atoms with E-state index in [1.165, 1.54) is 12.1 Å². The third kappa shape index (κ3) is 3.67. The van der Waals surface area contributed by atoms with Crippen molar-refractivity contribution < 1.29 is 36.2 Å². The number of fused-ring (bicyclic) bond motifs is 1. The van der Waals surface area contributed by atoms with Gasteiger partial charge in [0.25, 0.3) is 0 Å². The smallest absolute Gasteiger partial charge is 0.419 e. The van der Waals surface area contributed by atoms with Crippen molar-refractivity contribution in [1.82, 2.24) is 9.78 Å². The SMILES string of the molecule is CN(c1ccc2c(c1)c(F)nn2-c1cc(C(F)(F)F)c(F)c(O)c1F)C1CCOCC1. The summed E-state index contributed by atoms with van der Waals surface area (Å²) in [7, 11) is 1.83. The third-order valence-electron chi connectivity index (χ3n) is 5.46. The van der Waals surface area contributed by atoms with Crippen LogP contribution in [0.4, 0.5) is 32.0 Å². The summed E-state index contributed by atoms with van der Waals surface area (Å²) >= 11 is 0. The topological polar surface area (TPSA) is 50.5 Å². The van der Waals surface area contributed by atoms with Crippen LogP contribution < -0.4 is 4.90 Å². The Morgan fingerprint density at radius 3 is 2.42 bits per heavy atom. The van der Waals surface area contributed by atoms with Crippen molar-refractivity contribution >= 4 is 16.6 Å². The lowest BCUT2D eigenvalue weighted by Gasteiger charge is -2.33. The van der Waals surface area contributed by atoms with E-state index in [1.807, 2.05) is 11.9 Å². The monoisotopic (exact) mass is 445 g/mol. The number of alkyl halides is 3. The molecule has 5 nitrogen and oxygen atoms in total. The van der Waals surface area contributed by atoms with E-state index in [9.17, 15) is 31.4 Å². The van der Waals surface area contributed by atoms with Crippen LogP contribution in [0.1, 0.15) is 18.4 Å². The number of phenolic OH excluding ortho intramolecular Hbond substituents is 1. The number of ether oxygens (including phenoxy) is 1. The van der Waals surface area contributed by atoms with E-state index in [4.69, 9.17) is 4.74 Å². The molecule has 1 aliphatic rings. The Kier molecular flexibility index (Phi) is 5.24. The fourth-order valence-electron chi connectivity index (χ4n) is 3.72. The zero-order valence-corrected chi connectivity index (χ0v) is 16.2. The zero-order chi connectivity index (χ0) is 22.5. The molecular weight excluding hydrogens is 428 g/mol. The maximum absolute atomic E-state index is 14.6. The van der Waals surface area contributed by atoms with Crippen molar-refractivity contribution in [2.24, 2.45) is 0 Å². The van der Waals surface area contributed by atoms with E-state index in [1.54, 1.807) is 6.07 Å². The Balaban J connectivity index is 1.82. The van der Waals surface area contributed by atoms with E-state index in [-0.39, 0.29) is 23.0 Å². The van der Waals surface area contributed by atoms with Crippen LogP contribution in [0.3, 0.4) is 0 Å². The Bertz CT molecular complexity index is 1140. The molecule has 1 aliphatic heterocycles. The fourth-order valence-corrected chi connectivity index (χ4v) is 3.72.